The summed E-state index contributed by atoms with van der Waals surface area (Å²) in [5.74, 6) is -1.58. The van der Waals surface area contributed by atoms with Crippen molar-refractivity contribution in [3.8, 4) is 0 Å². The fourth-order valence-electron chi connectivity index (χ4n) is 1.70. The van der Waals surface area contributed by atoms with Gasteiger partial charge in [-0.15, -0.1) is 0 Å². The maximum atomic E-state index is 13.0. The van der Waals surface area contributed by atoms with Gasteiger partial charge >= 0.3 is 0 Å². The SMILES string of the molecule is Cc1ccc(C(=O)NCc2cc(F)cc(F)c2)cc1. The summed E-state index contributed by atoms with van der Waals surface area (Å²) in [5.41, 5.74) is 1.96. The summed E-state index contributed by atoms with van der Waals surface area (Å²) in [5, 5.41) is 2.62. The third kappa shape index (κ3) is 3.61. The van der Waals surface area contributed by atoms with Crippen LogP contribution in [0, 0.1) is 18.6 Å². The van der Waals surface area contributed by atoms with Crippen molar-refractivity contribution in [1.29, 1.82) is 0 Å². The Kier molecular flexibility index (Phi) is 3.90. The molecule has 2 aromatic carbocycles. The van der Waals surface area contributed by atoms with E-state index in [-0.39, 0.29) is 12.5 Å². The lowest BCUT2D eigenvalue weighted by Crippen LogP contribution is -2.22. The summed E-state index contributed by atoms with van der Waals surface area (Å²) in [7, 11) is 0. The third-order valence-electron chi connectivity index (χ3n) is 2.69. The second-order valence-electron chi connectivity index (χ2n) is 4.33. The second-order valence-corrected chi connectivity index (χ2v) is 4.33. The molecule has 1 amide bonds. The average molecular weight is 261 g/mol. The highest BCUT2D eigenvalue weighted by Crippen LogP contribution is 2.08. The van der Waals surface area contributed by atoms with Gasteiger partial charge in [0.1, 0.15) is 11.6 Å². The van der Waals surface area contributed by atoms with Gasteiger partial charge in [0.05, 0.1) is 0 Å². The molecule has 0 radical (unpaired) electrons. The van der Waals surface area contributed by atoms with Crippen molar-refractivity contribution in [1.82, 2.24) is 5.32 Å². The van der Waals surface area contributed by atoms with Crippen LogP contribution in [0.5, 0.6) is 0 Å². The van der Waals surface area contributed by atoms with Crippen molar-refractivity contribution >= 4 is 5.91 Å². The zero-order valence-corrected chi connectivity index (χ0v) is 10.4. The minimum atomic E-state index is -0.653. The standard InChI is InChI=1S/C15H13F2NO/c1-10-2-4-12(5-3-10)15(19)18-9-11-6-13(16)8-14(17)7-11/h2-8H,9H2,1H3,(H,18,19). The highest BCUT2D eigenvalue weighted by atomic mass is 19.1. The number of carbonyl (C=O) groups excluding carboxylic acids is 1. The molecular weight excluding hydrogens is 248 g/mol. The average Bonchev–Trinajstić information content (AvgIpc) is 2.36. The Morgan fingerprint density at radius 2 is 1.63 bits per heavy atom. The molecule has 0 aliphatic rings. The monoisotopic (exact) mass is 261 g/mol. The number of carbonyl (C=O) groups is 1. The molecule has 19 heavy (non-hydrogen) atoms. The first-order valence-electron chi connectivity index (χ1n) is 5.84. The van der Waals surface area contributed by atoms with Crippen molar-refractivity contribution in [3.05, 3.63) is 70.8 Å². The first-order chi connectivity index (χ1) is 9.04. The molecule has 98 valence electrons. The number of aryl methyl sites for hydroxylation is 1. The van der Waals surface area contributed by atoms with E-state index in [0.717, 1.165) is 11.6 Å². The summed E-state index contributed by atoms with van der Waals surface area (Å²) in [6, 6.07) is 10.3. The Morgan fingerprint density at radius 1 is 1.05 bits per heavy atom. The Labute approximate surface area is 110 Å². The quantitative estimate of drug-likeness (QED) is 0.903. The predicted octanol–water partition coefficient (Wildman–Crippen LogP) is 3.20. The molecule has 0 saturated heterocycles. The van der Waals surface area contributed by atoms with Crippen LogP contribution < -0.4 is 5.32 Å². The van der Waals surface area contributed by atoms with Crippen molar-refractivity contribution in [2.24, 2.45) is 0 Å². The molecule has 0 spiro atoms. The van der Waals surface area contributed by atoms with Gasteiger partial charge in [-0.2, -0.15) is 0 Å². The van der Waals surface area contributed by atoms with Crippen LogP contribution in [0.4, 0.5) is 8.78 Å². The molecule has 1 N–H and O–H groups in total. The fraction of sp³-hybridized carbons (Fsp3) is 0.133. The van der Waals surface area contributed by atoms with Crippen LogP contribution in [0.1, 0.15) is 21.5 Å². The molecule has 0 aliphatic heterocycles. The van der Waals surface area contributed by atoms with E-state index >= 15 is 0 Å². The molecule has 2 rings (SSSR count). The van der Waals surface area contributed by atoms with Gasteiger partial charge in [-0.05, 0) is 36.8 Å². The minimum absolute atomic E-state index is 0.0847. The summed E-state index contributed by atoms with van der Waals surface area (Å²) in [4.78, 5) is 11.8. The van der Waals surface area contributed by atoms with Crippen molar-refractivity contribution in [2.45, 2.75) is 13.5 Å². The molecule has 0 atom stereocenters. The van der Waals surface area contributed by atoms with E-state index < -0.39 is 11.6 Å². The summed E-state index contributed by atoms with van der Waals surface area (Å²) >= 11 is 0. The van der Waals surface area contributed by atoms with Gasteiger partial charge < -0.3 is 5.32 Å². The normalized spacial score (nSPS) is 10.3. The maximum Gasteiger partial charge on any atom is 0.251 e. The lowest BCUT2D eigenvalue weighted by atomic mass is 10.1. The molecule has 4 heteroatoms. The first kappa shape index (κ1) is 13.2. The van der Waals surface area contributed by atoms with E-state index in [1.165, 1.54) is 12.1 Å². The van der Waals surface area contributed by atoms with Crippen LogP contribution in [-0.2, 0) is 6.54 Å². The van der Waals surface area contributed by atoms with E-state index in [1.807, 2.05) is 19.1 Å². The first-order valence-corrected chi connectivity index (χ1v) is 5.84. The van der Waals surface area contributed by atoms with Crippen LogP contribution in [0.25, 0.3) is 0 Å². The molecule has 2 nitrogen and oxygen atoms in total. The second kappa shape index (κ2) is 5.61. The van der Waals surface area contributed by atoms with Gasteiger partial charge in [0, 0.05) is 18.2 Å². The molecule has 0 bridgehead atoms. The highest BCUT2D eigenvalue weighted by molar-refractivity contribution is 5.94. The van der Waals surface area contributed by atoms with E-state index in [9.17, 15) is 13.6 Å². The van der Waals surface area contributed by atoms with E-state index in [2.05, 4.69) is 5.32 Å². The van der Waals surface area contributed by atoms with Crippen LogP contribution in [0.3, 0.4) is 0 Å². The maximum absolute atomic E-state index is 13.0. The summed E-state index contributed by atoms with van der Waals surface area (Å²) in [6.45, 7) is 2.01. The van der Waals surface area contributed by atoms with Crippen molar-refractivity contribution in [2.75, 3.05) is 0 Å². The van der Waals surface area contributed by atoms with Gasteiger partial charge in [0.15, 0.2) is 0 Å². The highest BCUT2D eigenvalue weighted by Gasteiger charge is 2.06. The zero-order chi connectivity index (χ0) is 13.8. The van der Waals surface area contributed by atoms with Gasteiger partial charge in [0.25, 0.3) is 5.91 Å². The van der Waals surface area contributed by atoms with Crippen LogP contribution in [0.15, 0.2) is 42.5 Å². The smallest absolute Gasteiger partial charge is 0.251 e. The summed E-state index contributed by atoms with van der Waals surface area (Å²) in [6.07, 6.45) is 0. The van der Waals surface area contributed by atoms with E-state index in [1.54, 1.807) is 12.1 Å². The van der Waals surface area contributed by atoms with Crippen LogP contribution in [-0.4, -0.2) is 5.91 Å². The molecule has 0 fully saturated rings. The van der Waals surface area contributed by atoms with Gasteiger partial charge in [-0.25, -0.2) is 8.78 Å². The Bertz CT molecular complexity index is 573. The van der Waals surface area contributed by atoms with Gasteiger partial charge in [0.2, 0.25) is 0 Å². The number of rotatable bonds is 3. The van der Waals surface area contributed by atoms with Crippen LogP contribution in [0.2, 0.25) is 0 Å². The zero-order valence-electron chi connectivity index (χ0n) is 10.4. The summed E-state index contributed by atoms with van der Waals surface area (Å²) < 4.78 is 25.9. The Balaban J connectivity index is 2.02. The molecule has 0 heterocycles. The number of amides is 1. The molecule has 0 saturated carbocycles. The number of hydrogen-bond donors (Lipinski definition) is 1. The number of nitrogens with one attached hydrogen (secondary N) is 1. The third-order valence-corrected chi connectivity index (χ3v) is 2.69. The molecule has 0 aromatic heterocycles. The molecule has 0 aliphatic carbocycles. The van der Waals surface area contributed by atoms with Crippen molar-refractivity contribution in [3.63, 3.8) is 0 Å². The van der Waals surface area contributed by atoms with E-state index in [0.29, 0.717) is 11.1 Å². The van der Waals surface area contributed by atoms with Gasteiger partial charge in [-0.1, -0.05) is 17.7 Å². The minimum Gasteiger partial charge on any atom is -0.348 e. The van der Waals surface area contributed by atoms with Crippen molar-refractivity contribution < 1.29 is 13.6 Å². The Morgan fingerprint density at radius 3 is 2.21 bits per heavy atom. The number of hydrogen-bond acceptors (Lipinski definition) is 1. The predicted molar refractivity (Wildman–Crippen MR) is 68.7 cm³/mol. The van der Waals surface area contributed by atoms with E-state index in [4.69, 9.17) is 0 Å². The Hall–Kier alpha value is -2.23. The lowest BCUT2D eigenvalue weighted by Gasteiger charge is -2.06. The molecule has 2 aromatic rings. The molecule has 0 unspecified atom stereocenters. The topological polar surface area (TPSA) is 29.1 Å². The number of benzene rings is 2. The largest absolute Gasteiger partial charge is 0.348 e. The van der Waals surface area contributed by atoms with Gasteiger partial charge in [-0.3, -0.25) is 4.79 Å². The number of halogens is 2. The fourth-order valence-corrected chi connectivity index (χ4v) is 1.70. The van der Waals surface area contributed by atoms with Crippen LogP contribution >= 0.6 is 0 Å². The molecular formula is C15H13F2NO. The lowest BCUT2D eigenvalue weighted by molar-refractivity contribution is 0.0951.